The lowest BCUT2D eigenvalue weighted by Gasteiger charge is -2.05. The molecule has 0 saturated carbocycles. The van der Waals surface area contributed by atoms with Crippen LogP contribution in [0.3, 0.4) is 0 Å². The van der Waals surface area contributed by atoms with Gasteiger partial charge in [0.1, 0.15) is 5.75 Å². The number of hydrogen-bond acceptors (Lipinski definition) is 5. The van der Waals surface area contributed by atoms with Crippen molar-refractivity contribution in [2.75, 3.05) is 5.43 Å². The van der Waals surface area contributed by atoms with Gasteiger partial charge in [0, 0.05) is 16.5 Å². The number of rotatable bonds is 5. The van der Waals surface area contributed by atoms with Crippen molar-refractivity contribution in [3.05, 3.63) is 65.0 Å². The lowest BCUT2D eigenvalue weighted by Crippen LogP contribution is -1.91. The number of phenols is 1. The normalized spacial score (nSPS) is 11.3. The van der Waals surface area contributed by atoms with E-state index >= 15 is 0 Å². The smallest absolute Gasteiger partial charge is 0.203 e. The van der Waals surface area contributed by atoms with E-state index in [4.69, 9.17) is 0 Å². The molecule has 3 aromatic rings. The highest BCUT2D eigenvalue weighted by atomic mass is 32.1. The van der Waals surface area contributed by atoms with E-state index in [1.807, 2.05) is 11.4 Å². The molecule has 2 aromatic carbocycles. The number of thiazole rings is 1. The summed E-state index contributed by atoms with van der Waals surface area (Å²) in [6, 6.07) is 15.5. The minimum absolute atomic E-state index is 0.202. The Hall–Kier alpha value is -2.66. The topological polar surface area (TPSA) is 57.5 Å². The molecule has 2 N–H and O–H groups in total. The quantitative estimate of drug-likeness (QED) is 0.504. The fourth-order valence-electron chi connectivity index (χ4n) is 2.25. The Bertz CT molecular complexity index is 838. The van der Waals surface area contributed by atoms with Gasteiger partial charge in [-0.05, 0) is 23.6 Å². The van der Waals surface area contributed by atoms with E-state index in [2.05, 4.69) is 53.6 Å². The van der Waals surface area contributed by atoms with Crippen molar-refractivity contribution in [3.63, 3.8) is 0 Å². The van der Waals surface area contributed by atoms with Crippen LogP contribution < -0.4 is 5.43 Å². The standard InChI is InChI=1S/C19H19N3OS/c1-13(2)14-7-9-15(10-8-14)17-12-24-19(21-17)22-20-11-16-5-3-4-6-18(16)23/h3-13,23H,1-2H3,(H,21,22)/b20-11+. The SMILES string of the molecule is CC(C)c1ccc(-c2csc(N/N=C/c3ccccc3O)n2)cc1. The summed E-state index contributed by atoms with van der Waals surface area (Å²) in [5.41, 5.74) is 6.90. The number of para-hydroxylation sites is 1. The van der Waals surface area contributed by atoms with Gasteiger partial charge in [0.05, 0.1) is 11.9 Å². The van der Waals surface area contributed by atoms with Gasteiger partial charge in [-0.2, -0.15) is 5.10 Å². The summed E-state index contributed by atoms with van der Waals surface area (Å²) in [4.78, 5) is 4.54. The Balaban J connectivity index is 1.68. The second-order valence-corrected chi connectivity index (χ2v) is 6.60. The predicted molar refractivity (Wildman–Crippen MR) is 101 cm³/mol. The first-order valence-electron chi connectivity index (χ1n) is 7.76. The average molecular weight is 337 g/mol. The molecule has 4 nitrogen and oxygen atoms in total. The third-order valence-corrected chi connectivity index (χ3v) is 4.42. The largest absolute Gasteiger partial charge is 0.507 e. The molecule has 0 spiro atoms. The summed E-state index contributed by atoms with van der Waals surface area (Å²) in [5, 5.41) is 16.5. The molecule has 0 aliphatic carbocycles. The molecule has 3 rings (SSSR count). The van der Waals surface area contributed by atoms with E-state index < -0.39 is 0 Å². The number of anilines is 1. The molecular weight excluding hydrogens is 318 g/mol. The maximum Gasteiger partial charge on any atom is 0.203 e. The Morgan fingerprint density at radius 1 is 1.12 bits per heavy atom. The van der Waals surface area contributed by atoms with Crippen LogP contribution in [-0.2, 0) is 0 Å². The molecule has 0 radical (unpaired) electrons. The number of hydrazone groups is 1. The molecule has 0 bridgehead atoms. The van der Waals surface area contributed by atoms with Crippen LogP contribution in [0.5, 0.6) is 5.75 Å². The van der Waals surface area contributed by atoms with E-state index in [0.29, 0.717) is 16.6 Å². The van der Waals surface area contributed by atoms with Crippen LogP contribution in [0, 0.1) is 0 Å². The summed E-state index contributed by atoms with van der Waals surface area (Å²) in [7, 11) is 0. The Kier molecular flexibility index (Phi) is 4.91. The summed E-state index contributed by atoms with van der Waals surface area (Å²) >= 11 is 1.50. The van der Waals surface area contributed by atoms with Crippen molar-refractivity contribution >= 4 is 22.7 Å². The Morgan fingerprint density at radius 2 is 1.88 bits per heavy atom. The number of nitrogens with zero attached hydrogens (tertiary/aromatic N) is 2. The lowest BCUT2D eigenvalue weighted by atomic mass is 10.0. The molecule has 0 atom stereocenters. The fourth-order valence-corrected chi connectivity index (χ4v) is 2.92. The van der Waals surface area contributed by atoms with E-state index in [0.717, 1.165) is 11.3 Å². The zero-order chi connectivity index (χ0) is 16.9. The minimum Gasteiger partial charge on any atom is -0.507 e. The molecule has 0 aliphatic rings. The Morgan fingerprint density at radius 3 is 2.58 bits per heavy atom. The summed E-state index contributed by atoms with van der Waals surface area (Å²) in [6.45, 7) is 4.37. The maximum atomic E-state index is 9.69. The van der Waals surface area contributed by atoms with Crippen molar-refractivity contribution in [1.29, 1.82) is 0 Å². The number of nitrogens with one attached hydrogen (secondary N) is 1. The van der Waals surface area contributed by atoms with Crippen LogP contribution in [0.15, 0.2) is 59.0 Å². The third-order valence-electron chi connectivity index (χ3n) is 3.68. The molecule has 122 valence electrons. The zero-order valence-electron chi connectivity index (χ0n) is 13.6. The average Bonchev–Trinajstić information content (AvgIpc) is 3.05. The number of phenolic OH excluding ortho intramolecular Hbond substituents is 1. The Labute approximate surface area is 145 Å². The van der Waals surface area contributed by atoms with Crippen LogP contribution in [0.2, 0.25) is 0 Å². The molecule has 0 amide bonds. The van der Waals surface area contributed by atoms with E-state index in [1.54, 1.807) is 24.4 Å². The number of benzene rings is 2. The highest BCUT2D eigenvalue weighted by Crippen LogP contribution is 2.26. The van der Waals surface area contributed by atoms with Crippen molar-refractivity contribution in [1.82, 2.24) is 4.98 Å². The van der Waals surface area contributed by atoms with Crippen molar-refractivity contribution in [2.45, 2.75) is 19.8 Å². The van der Waals surface area contributed by atoms with Gasteiger partial charge in [0.2, 0.25) is 5.13 Å². The first-order valence-corrected chi connectivity index (χ1v) is 8.64. The van der Waals surface area contributed by atoms with Crippen molar-refractivity contribution in [2.24, 2.45) is 5.10 Å². The fraction of sp³-hybridized carbons (Fsp3) is 0.158. The molecule has 0 aliphatic heterocycles. The minimum atomic E-state index is 0.202. The van der Waals surface area contributed by atoms with E-state index in [-0.39, 0.29) is 5.75 Å². The van der Waals surface area contributed by atoms with Crippen molar-refractivity contribution in [3.8, 4) is 17.0 Å². The predicted octanol–water partition coefficient (Wildman–Crippen LogP) is 5.09. The second kappa shape index (κ2) is 7.27. The van der Waals surface area contributed by atoms with Gasteiger partial charge in [-0.3, -0.25) is 5.43 Å². The molecule has 5 heteroatoms. The molecule has 24 heavy (non-hydrogen) atoms. The highest BCUT2D eigenvalue weighted by molar-refractivity contribution is 7.14. The van der Waals surface area contributed by atoms with Gasteiger partial charge in [0.15, 0.2) is 0 Å². The monoisotopic (exact) mass is 337 g/mol. The van der Waals surface area contributed by atoms with Crippen LogP contribution in [0.25, 0.3) is 11.3 Å². The van der Waals surface area contributed by atoms with Gasteiger partial charge in [0.25, 0.3) is 0 Å². The maximum absolute atomic E-state index is 9.69. The van der Waals surface area contributed by atoms with E-state index in [9.17, 15) is 5.11 Å². The van der Waals surface area contributed by atoms with Crippen molar-refractivity contribution < 1.29 is 5.11 Å². The van der Waals surface area contributed by atoms with Gasteiger partial charge >= 0.3 is 0 Å². The van der Waals surface area contributed by atoms with Gasteiger partial charge in [-0.15, -0.1) is 11.3 Å². The van der Waals surface area contributed by atoms with Crippen LogP contribution in [-0.4, -0.2) is 16.3 Å². The third kappa shape index (κ3) is 3.81. The molecule has 1 aromatic heterocycles. The van der Waals surface area contributed by atoms with Gasteiger partial charge in [-0.25, -0.2) is 4.98 Å². The first-order chi connectivity index (χ1) is 11.6. The summed E-state index contributed by atoms with van der Waals surface area (Å²) < 4.78 is 0. The summed E-state index contributed by atoms with van der Waals surface area (Å²) in [5.74, 6) is 0.726. The lowest BCUT2D eigenvalue weighted by molar-refractivity contribution is 0.474. The van der Waals surface area contributed by atoms with Crippen LogP contribution in [0.1, 0.15) is 30.9 Å². The number of hydrogen-bond donors (Lipinski definition) is 2. The van der Waals surface area contributed by atoms with Gasteiger partial charge < -0.3 is 5.11 Å². The molecular formula is C19H19N3OS. The van der Waals surface area contributed by atoms with E-state index in [1.165, 1.54) is 16.9 Å². The van der Waals surface area contributed by atoms with Gasteiger partial charge in [-0.1, -0.05) is 50.2 Å². The highest BCUT2D eigenvalue weighted by Gasteiger charge is 2.05. The number of aromatic nitrogens is 1. The zero-order valence-corrected chi connectivity index (χ0v) is 14.4. The molecule has 0 saturated heterocycles. The van der Waals surface area contributed by atoms with Crippen LogP contribution in [0.4, 0.5) is 5.13 Å². The first kappa shape index (κ1) is 16.2. The molecule has 0 unspecified atom stereocenters. The second-order valence-electron chi connectivity index (χ2n) is 5.74. The molecule has 0 fully saturated rings. The van der Waals surface area contributed by atoms with Crippen LogP contribution >= 0.6 is 11.3 Å². The number of aromatic hydroxyl groups is 1. The summed E-state index contributed by atoms with van der Waals surface area (Å²) in [6.07, 6.45) is 1.58. The molecule has 1 heterocycles.